The van der Waals surface area contributed by atoms with Crippen LogP contribution in [0, 0.1) is 6.92 Å². The third kappa shape index (κ3) is 2.30. The topological polar surface area (TPSA) is 79.6 Å². The van der Waals surface area contributed by atoms with Crippen molar-refractivity contribution in [2.75, 3.05) is 11.1 Å². The maximum Gasteiger partial charge on any atom is 0.128 e. The van der Waals surface area contributed by atoms with E-state index in [4.69, 9.17) is 5.73 Å². The molecule has 5 nitrogen and oxygen atoms in total. The van der Waals surface area contributed by atoms with Gasteiger partial charge in [0.15, 0.2) is 0 Å². The van der Waals surface area contributed by atoms with Crippen LogP contribution < -0.4 is 11.1 Å². The SMILES string of the molecule is Cc1cc(NC(C)c2ncc[nH]2)c2cc(N)ccc2n1. The van der Waals surface area contributed by atoms with Crippen molar-refractivity contribution in [3.05, 3.63) is 48.2 Å². The van der Waals surface area contributed by atoms with Gasteiger partial charge in [-0.05, 0) is 38.1 Å². The number of nitrogens with two attached hydrogens (primary N) is 1. The number of anilines is 2. The van der Waals surface area contributed by atoms with E-state index >= 15 is 0 Å². The summed E-state index contributed by atoms with van der Waals surface area (Å²) in [6.07, 6.45) is 3.57. The van der Waals surface area contributed by atoms with Crippen LogP contribution in [0.25, 0.3) is 10.9 Å². The van der Waals surface area contributed by atoms with Crippen molar-refractivity contribution in [1.29, 1.82) is 0 Å². The minimum atomic E-state index is 0.0800. The summed E-state index contributed by atoms with van der Waals surface area (Å²) in [4.78, 5) is 11.9. The normalized spacial score (nSPS) is 12.5. The number of imidazole rings is 1. The molecule has 1 atom stereocenters. The van der Waals surface area contributed by atoms with Gasteiger partial charge >= 0.3 is 0 Å². The third-order valence-corrected chi connectivity index (χ3v) is 3.26. The van der Waals surface area contributed by atoms with E-state index in [1.165, 1.54) is 0 Å². The number of pyridine rings is 1. The Labute approximate surface area is 117 Å². The maximum atomic E-state index is 5.88. The Hall–Kier alpha value is -2.56. The van der Waals surface area contributed by atoms with Gasteiger partial charge in [0, 0.05) is 34.8 Å². The van der Waals surface area contributed by atoms with Crippen molar-refractivity contribution in [1.82, 2.24) is 15.0 Å². The van der Waals surface area contributed by atoms with Gasteiger partial charge in [0.2, 0.25) is 0 Å². The van der Waals surface area contributed by atoms with Crippen LogP contribution in [0.1, 0.15) is 24.5 Å². The number of rotatable bonds is 3. The van der Waals surface area contributed by atoms with Crippen LogP contribution in [0.5, 0.6) is 0 Å². The molecular formula is C15H17N5. The minimum absolute atomic E-state index is 0.0800. The molecule has 0 fully saturated rings. The minimum Gasteiger partial charge on any atom is -0.399 e. The zero-order chi connectivity index (χ0) is 14.1. The molecule has 0 saturated heterocycles. The monoisotopic (exact) mass is 267 g/mol. The molecule has 0 amide bonds. The van der Waals surface area contributed by atoms with E-state index in [1.54, 1.807) is 6.20 Å². The standard InChI is InChI=1S/C15H17N5/c1-9-7-14(20-10(2)15-17-5-6-18-15)12-8-11(16)3-4-13(12)19-9/h3-8,10H,16H2,1-2H3,(H,17,18)(H,19,20). The second-order valence-corrected chi connectivity index (χ2v) is 4.93. The fraction of sp³-hybridized carbons (Fsp3) is 0.200. The van der Waals surface area contributed by atoms with Crippen molar-refractivity contribution < 1.29 is 0 Å². The number of nitrogen functional groups attached to an aromatic ring is 1. The predicted molar refractivity (Wildman–Crippen MR) is 81.5 cm³/mol. The number of hydrogen-bond acceptors (Lipinski definition) is 4. The van der Waals surface area contributed by atoms with Crippen LogP contribution >= 0.6 is 0 Å². The number of aromatic amines is 1. The van der Waals surface area contributed by atoms with Gasteiger partial charge in [0.1, 0.15) is 5.82 Å². The number of nitrogens with zero attached hydrogens (tertiary/aromatic N) is 2. The van der Waals surface area contributed by atoms with E-state index in [2.05, 4.69) is 27.2 Å². The Bertz CT molecular complexity index is 733. The van der Waals surface area contributed by atoms with Crippen molar-refractivity contribution >= 4 is 22.3 Å². The molecule has 5 heteroatoms. The lowest BCUT2D eigenvalue weighted by Crippen LogP contribution is -2.09. The Morgan fingerprint density at radius 3 is 2.90 bits per heavy atom. The average Bonchev–Trinajstić information content (AvgIpc) is 2.93. The first-order valence-electron chi connectivity index (χ1n) is 6.56. The van der Waals surface area contributed by atoms with Gasteiger partial charge in [0.25, 0.3) is 0 Å². The van der Waals surface area contributed by atoms with Crippen molar-refractivity contribution in [2.45, 2.75) is 19.9 Å². The summed E-state index contributed by atoms with van der Waals surface area (Å²) < 4.78 is 0. The molecule has 0 spiro atoms. The number of aryl methyl sites for hydroxylation is 1. The number of nitrogens with one attached hydrogen (secondary N) is 2. The van der Waals surface area contributed by atoms with Gasteiger partial charge in [-0.25, -0.2) is 4.98 Å². The lowest BCUT2D eigenvalue weighted by Gasteiger charge is -2.16. The predicted octanol–water partition coefficient (Wildman–Crippen LogP) is 3.02. The van der Waals surface area contributed by atoms with Crippen molar-refractivity contribution in [3.8, 4) is 0 Å². The summed E-state index contributed by atoms with van der Waals surface area (Å²) in [5.41, 5.74) is 9.54. The van der Waals surface area contributed by atoms with E-state index in [1.807, 2.05) is 37.4 Å². The molecular weight excluding hydrogens is 250 g/mol. The van der Waals surface area contributed by atoms with E-state index in [0.717, 1.165) is 33.8 Å². The average molecular weight is 267 g/mol. The molecule has 4 N–H and O–H groups in total. The van der Waals surface area contributed by atoms with E-state index in [-0.39, 0.29) is 6.04 Å². The molecule has 0 aliphatic carbocycles. The molecule has 3 aromatic rings. The highest BCUT2D eigenvalue weighted by molar-refractivity contribution is 5.93. The summed E-state index contributed by atoms with van der Waals surface area (Å²) in [7, 11) is 0. The first-order chi connectivity index (χ1) is 9.63. The van der Waals surface area contributed by atoms with E-state index in [9.17, 15) is 0 Å². The molecule has 0 bridgehead atoms. The number of benzene rings is 1. The van der Waals surface area contributed by atoms with Gasteiger partial charge < -0.3 is 16.0 Å². The lowest BCUT2D eigenvalue weighted by molar-refractivity contribution is 0.811. The quantitative estimate of drug-likeness (QED) is 0.637. The Kier molecular flexibility index (Phi) is 3.02. The van der Waals surface area contributed by atoms with Crippen LogP contribution in [0.2, 0.25) is 0 Å². The van der Waals surface area contributed by atoms with E-state index < -0.39 is 0 Å². The first-order valence-corrected chi connectivity index (χ1v) is 6.56. The second-order valence-electron chi connectivity index (χ2n) is 4.93. The summed E-state index contributed by atoms with van der Waals surface area (Å²) in [6.45, 7) is 4.05. The maximum absolute atomic E-state index is 5.88. The zero-order valence-corrected chi connectivity index (χ0v) is 11.5. The van der Waals surface area contributed by atoms with Crippen molar-refractivity contribution in [2.24, 2.45) is 0 Å². The fourth-order valence-corrected chi connectivity index (χ4v) is 2.31. The third-order valence-electron chi connectivity index (χ3n) is 3.26. The van der Waals surface area contributed by atoms with Crippen LogP contribution in [0.3, 0.4) is 0 Å². The molecule has 102 valence electrons. The van der Waals surface area contributed by atoms with Crippen LogP contribution in [-0.2, 0) is 0 Å². The summed E-state index contributed by atoms with van der Waals surface area (Å²) in [5, 5.41) is 4.49. The number of fused-ring (bicyclic) bond motifs is 1. The number of hydrogen-bond donors (Lipinski definition) is 3. The lowest BCUT2D eigenvalue weighted by atomic mass is 10.1. The Morgan fingerprint density at radius 2 is 2.15 bits per heavy atom. The number of H-pyrrole nitrogens is 1. The highest BCUT2D eigenvalue weighted by atomic mass is 15.0. The first kappa shape index (κ1) is 12.5. The molecule has 0 aliphatic rings. The highest BCUT2D eigenvalue weighted by Crippen LogP contribution is 2.27. The molecule has 3 rings (SSSR count). The molecule has 0 aliphatic heterocycles. The molecule has 2 heterocycles. The molecule has 0 radical (unpaired) electrons. The highest BCUT2D eigenvalue weighted by Gasteiger charge is 2.11. The Balaban J connectivity index is 2.04. The smallest absolute Gasteiger partial charge is 0.128 e. The molecule has 20 heavy (non-hydrogen) atoms. The summed E-state index contributed by atoms with van der Waals surface area (Å²) >= 11 is 0. The Morgan fingerprint density at radius 1 is 1.30 bits per heavy atom. The van der Waals surface area contributed by atoms with E-state index in [0.29, 0.717) is 0 Å². The molecule has 2 aromatic heterocycles. The van der Waals surface area contributed by atoms with Gasteiger partial charge in [0.05, 0.1) is 11.6 Å². The van der Waals surface area contributed by atoms with Crippen LogP contribution in [0.4, 0.5) is 11.4 Å². The van der Waals surface area contributed by atoms with Crippen molar-refractivity contribution in [3.63, 3.8) is 0 Å². The fourth-order valence-electron chi connectivity index (χ4n) is 2.31. The zero-order valence-electron chi connectivity index (χ0n) is 11.5. The summed E-state index contributed by atoms with van der Waals surface area (Å²) in [6, 6.07) is 7.87. The largest absolute Gasteiger partial charge is 0.399 e. The van der Waals surface area contributed by atoms with Gasteiger partial charge in [-0.2, -0.15) is 0 Å². The number of aromatic nitrogens is 3. The van der Waals surface area contributed by atoms with Gasteiger partial charge in [-0.1, -0.05) is 0 Å². The van der Waals surface area contributed by atoms with Crippen LogP contribution in [-0.4, -0.2) is 15.0 Å². The molecule has 1 unspecified atom stereocenters. The van der Waals surface area contributed by atoms with Crippen LogP contribution in [0.15, 0.2) is 36.7 Å². The summed E-state index contributed by atoms with van der Waals surface area (Å²) in [5.74, 6) is 0.900. The van der Waals surface area contributed by atoms with Gasteiger partial charge in [-0.3, -0.25) is 4.98 Å². The molecule has 1 aromatic carbocycles. The molecule has 0 saturated carbocycles. The second kappa shape index (κ2) is 4.85. The van der Waals surface area contributed by atoms with Gasteiger partial charge in [-0.15, -0.1) is 0 Å².